The number of pyridine rings is 1. The Morgan fingerprint density at radius 3 is 2.44 bits per heavy atom. The van der Waals surface area contributed by atoms with Crippen molar-refractivity contribution in [2.75, 3.05) is 0 Å². The third kappa shape index (κ3) is 2.91. The molecule has 2 aromatic rings. The van der Waals surface area contributed by atoms with Gasteiger partial charge in [0.2, 0.25) is 0 Å². The summed E-state index contributed by atoms with van der Waals surface area (Å²) in [5.41, 5.74) is 1.86. The largest absolute Gasteiger partial charge is 0.388 e. The fraction of sp³-hybridized carbons (Fsp3) is 0.214. The quantitative estimate of drug-likeness (QED) is 0.910. The lowest BCUT2D eigenvalue weighted by atomic mass is 9.91. The van der Waals surface area contributed by atoms with Gasteiger partial charge in [-0.2, -0.15) is 0 Å². The molecule has 2 nitrogen and oxygen atoms in total. The summed E-state index contributed by atoms with van der Waals surface area (Å²) in [4.78, 5) is 3.98. The smallest absolute Gasteiger partial charge is 0.0856 e. The van der Waals surface area contributed by atoms with Crippen molar-refractivity contribution in [1.29, 1.82) is 0 Å². The van der Waals surface area contributed by atoms with Gasteiger partial charge in [0.15, 0.2) is 0 Å². The van der Waals surface area contributed by atoms with Crippen molar-refractivity contribution in [3.8, 4) is 0 Å². The van der Waals surface area contributed by atoms with Crippen molar-refractivity contribution in [2.24, 2.45) is 0 Å². The maximum Gasteiger partial charge on any atom is 0.0856 e. The van der Waals surface area contributed by atoms with E-state index in [1.54, 1.807) is 18.5 Å². The summed E-state index contributed by atoms with van der Waals surface area (Å²) in [6, 6.07) is 9.33. The number of benzene rings is 1. The Morgan fingerprint density at radius 1 is 1.17 bits per heavy atom. The number of aliphatic hydroxyl groups is 1. The Bertz CT molecular complexity index is 533. The van der Waals surface area contributed by atoms with E-state index in [4.69, 9.17) is 11.6 Å². The third-order valence-electron chi connectivity index (χ3n) is 2.99. The van der Waals surface area contributed by atoms with Crippen molar-refractivity contribution >= 4 is 27.5 Å². The highest BCUT2D eigenvalue weighted by molar-refractivity contribution is 9.10. The summed E-state index contributed by atoms with van der Waals surface area (Å²) in [6.45, 7) is 1.98. The number of halogens is 2. The topological polar surface area (TPSA) is 33.1 Å². The molecule has 0 spiro atoms. The summed E-state index contributed by atoms with van der Waals surface area (Å²) < 4.78 is 0.830. The Hall–Kier alpha value is -0.900. The number of aliphatic hydroxyl groups excluding tert-OH is 1. The summed E-state index contributed by atoms with van der Waals surface area (Å²) in [5.74, 6) is -0.00904. The standard InChI is InChI=1S/C14H13BrClNO/c1-9(10-4-6-17-7-5-10)14(18)11-2-3-12(15)13(16)8-11/h2-9,14,18H,1H3. The Labute approximate surface area is 120 Å². The second-order valence-electron chi connectivity index (χ2n) is 4.19. The first-order valence-corrected chi connectivity index (χ1v) is 6.79. The van der Waals surface area contributed by atoms with Crippen molar-refractivity contribution < 1.29 is 5.11 Å². The van der Waals surface area contributed by atoms with E-state index in [0.29, 0.717) is 5.02 Å². The molecular weight excluding hydrogens is 314 g/mol. The van der Waals surface area contributed by atoms with Gasteiger partial charge in [0.1, 0.15) is 0 Å². The van der Waals surface area contributed by atoms with Crippen LogP contribution in [-0.2, 0) is 0 Å². The zero-order chi connectivity index (χ0) is 13.1. The monoisotopic (exact) mass is 325 g/mol. The molecular formula is C14H13BrClNO. The first-order chi connectivity index (χ1) is 8.59. The molecule has 1 N–H and O–H groups in total. The predicted octanol–water partition coefficient (Wildman–Crippen LogP) is 4.33. The van der Waals surface area contributed by atoms with Crippen molar-refractivity contribution in [3.63, 3.8) is 0 Å². The highest BCUT2D eigenvalue weighted by Crippen LogP contribution is 2.33. The normalized spacial score (nSPS) is 14.2. The molecule has 0 saturated carbocycles. The third-order valence-corrected chi connectivity index (χ3v) is 4.22. The van der Waals surface area contributed by atoms with E-state index in [2.05, 4.69) is 20.9 Å². The molecule has 0 saturated heterocycles. The minimum Gasteiger partial charge on any atom is -0.388 e. The number of rotatable bonds is 3. The van der Waals surface area contributed by atoms with Crippen LogP contribution < -0.4 is 0 Å². The number of hydrogen-bond acceptors (Lipinski definition) is 2. The molecule has 0 bridgehead atoms. The second kappa shape index (κ2) is 5.83. The number of aromatic nitrogens is 1. The molecule has 0 amide bonds. The number of hydrogen-bond donors (Lipinski definition) is 1. The molecule has 0 aliphatic heterocycles. The van der Waals surface area contributed by atoms with Gasteiger partial charge in [-0.3, -0.25) is 4.98 Å². The van der Waals surface area contributed by atoms with Gasteiger partial charge in [-0.15, -0.1) is 0 Å². The molecule has 0 aliphatic rings. The zero-order valence-corrected chi connectivity index (χ0v) is 12.2. The molecule has 2 atom stereocenters. The van der Waals surface area contributed by atoms with Crippen molar-refractivity contribution in [3.05, 3.63) is 63.3 Å². The molecule has 0 aliphatic carbocycles. The maximum absolute atomic E-state index is 10.4. The van der Waals surface area contributed by atoms with Gasteiger partial charge in [-0.05, 0) is 51.3 Å². The van der Waals surface area contributed by atoms with Gasteiger partial charge in [0, 0.05) is 22.8 Å². The Morgan fingerprint density at radius 2 is 1.83 bits per heavy atom. The lowest BCUT2D eigenvalue weighted by molar-refractivity contribution is 0.151. The van der Waals surface area contributed by atoms with Crippen LogP contribution in [0.3, 0.4) is 0 Å². The summed E-state index contributed by atoms with van der Waals surface area (Å²) >= 11 is 9.38. The molecule has 1 aromatic heterocycles. The van der Waals surface area contributed by atoms with E-state index in [0.717, 1.165) is 15.6 Å². The van der Waals surface area contributed by atoms with Crippen LogP contribution in [0.15, 0.2) is 47.2 Å². The van der Waals surface area contributed by atoms with E-state index < -0.39 is 6.10 Å². The van der Waals surface area contributed by atoms with E-state index in [1.165, 1.54) is 0 Å². The molecule has 2 rings (SSSR count). The van der Waals surface area contributed by atoms with Crippen molar-refractivity contribution in [1.82, 2.24) is 4.98 Å². The second-order valence-corrected chi connectivity index (χ2v) is 5.45. The van der Waals surface area contributed by atoms with Crippen LogP contribution in [0.5, 0.6) is 0 Å². The Kier molecular flexibility index (Phi) is 4.38. The zero-order valence-electron chi connectivity index (χ0n) is 9.85. The maximum atomic E-state index is 10.4. The van der Waals surface area contributed by atoms with Crippen LogP contribution in [0.4, 0.5) is 0 Å². The first kappa shape index (κ1) is 13.5. The van der Waals surface area contributed by atoms with E-state index >= 15 is 0 Å². The van der Waals surface area contributed by atoms with Crippen LogP contribution in [0.2, 0.25) is 5.02 Å². The van der Waals surface area contributed by atoms with Gasteiger partial charge >= 0.3 is 0 Å². The van der Waals surface area contributed by atoms with Crippen molar-refractivity contribution in [2.45, 2.75) is 18.9 Å². The summed E-state index contributed by atoms with van der Waals surface area (Å²) in [5, 5.41) is 11.0. The number of nitrogens with zero attached hydrogens (tertiary/aromatic N) is 1. The highest BCUT2D eigenvalue weighted by Gasteiger charge is 2.18. The van der Waals surface area contributed by atoms with Gasteiger partial charge in [-0.1, -0.05) is 24.6 Å². The average Bonchev–Trinajstić information content (AvgIpc) is 2.41. The van der Waals surface area contributed by atoms with Crippen LogP contribution in [0.1, 0.15) is 30.1 Å². The van der Waals surface area contributed by atoms with Gasteiger partial charge in [-0.25, -0.2) is 0 Å². The SMILES string of the molecule is CC(c1ccncc1)C(O)c1ccc(Br)c(Cl)c1. The lowest BCUT2D eigenvalue weighted by Crippen LogP contribution is -2.07. The van der Waals surface area contributed by atoms with Crippen LogP contribution in [0, 0.1) is 0 Å². The van der Waals surface area contributed by atoms with Crippen LogP contribution in [0.25, 0.3) is 0 Å². The predicted molar refractivity (Wildman–Crippen MR) is 76.8 cm³/mol. The molecule has 2 unspecified atom stereocenters. The molecule has 4 heteroatoms. The summed E-state index contributed by atoms with van der Waals surface area (Å²) in [6.07, 6.45) is 2.87. The van der Waals surface area contributed by atoms with E-state index in [9.17, 15) is 5.11 Å². The van der Waals surface area contributed by atoms with Gasteiger partial charge < -0.3 is 5.11 Å². The molecule has 1 aromatic carbocycles. The summed E-state index contributed by atoms with van der Waals surface area (Å²) in [7, 11) is 0. The lowest BCUT2D eigenvalue weighted by Gasteiger charge is -2.20. The fourth-order valence-electron chi connectivity index (χ4n) is 1.83. The van der Waals surface area contributed by atoms with Crippen LogP contribution >= 0.6 is 27.5 Å². The Balaban J connectivity index is 2.25. The van der Waals surface area contributed by atoms with Gasteiger partial charge in [0.05, 0.1) is 11.1 Å². The average molecular weight is 327 g/mol. The first-order valence-electron chi connectivity index (χ1n) is 5.62. The van der Waals surface area contributed by atoms with Crippen LogP contribution in [-0.4, -0.2) is 10.1 Å². The molecule has 1 heterocycles. The van der Waals surface area contributed by atoms with E-state index in [1.807, 2.05) is 31.2 Å². The molecule has 0 fully saturated rings. The molecule has 0 radical (unpaired) electrons. The minimum absolute atomic E-state index is 0.00904. The van der Waals surface area contributed by atoms with E-state index in [-0.39, 0.29) is 5.92 Å². The highest BCUT2D eigenvalue weighted by atomic mass is 79.9. The fourth-order valence-corrected chi connectivity index (χ4v) is 2.27. The molecule has 94 valence electrons. The minimum atomic E-state index is -0.585. The molecule has 18 heavy (non-hydrogen) atoms. The van der Waals surface area contributed by atoms with Gasteiger partial charge in [0.25, 0.3) is 0 Å².